The van der Waals surface area contributed by atoms with Gasteiger partial charge >= 0.3 is 0 Å². The Morgan fingerprint density at radius 2 is 1.70 bits per heavy atom. The molecular formula is C23H22INO2. The van der Waals surface area contributed by atoms with Crippen LogP contribution in [0.5, 0.6) is 11.5 Å². The molecule has 3 aromatic rings. The van der Waals surface area contributed by atoms with Gasteiger partial charge in [0, 0.05) is 6.21 Å². The van der Waals surface area contributed by atoms with Crippen molar-refractivity contribution in [1.29, 1.82) is 0 Å². The molecule has 0 aliphatic carbocycles. The molecule has 3 nitrogen and oxygen atoms in total. The Balaban J connectivity index is 1.84. The van der Waals surface area contributed by atoms with E-state index in [1.165, 1.54) is 0 Å². The number of aliphatic imine (C=N–C) groups is 1. The highest BCUT2D eigenvalue weighted by Crippen LogP contribution is 2.34. The molecule has 0 N–H and O–H groups in total. The van der Waals surface area contributed by atoms with E-state index < -0.39 is 0 Å². The number of hydrogen-bond acceptors (Lipinski definition) is 3. The molecule has 138 valence electrons. The molecule has 3 aromatic carbocycles. The average Bonchev–Trinajstić information content (AvgIpc) is 2.68. The third-order valence-corrected chi connectivity index (χ3v) is 4.83. The van der Waals surface area contributed by atoms with Gasteiger partial charge in [-0.15, -0.1) is 0 Å². The van der Waals surface area contributed by atoms with E-state index in [9.17, 15) is 0 Å². The predicted octanol–water partition coefficient (Wildman–Crippen LogP) is 6.33. The Bertz CT molecular complexity index is 923. The molecule has 3 rings (SSSR count). The van der Waals surface area contributed by atoms with E-state index in [4.69, 9.17) is 9.47 Å². The number of ether oxygens (including phenoxy) is 2. The first kappa shape index (κ1) is 19.4. The van der Waals surface area contributed by atoms with Crippen molar-refractivity contribution in [3.63, 3.8) is 0 Å². The zero-order valence-corrected chi connectivity index (χ0v) is 17.6. The summed E-state index contributed by atoms with van der Waals surface area (Å²) in [7, 11) is 0. The average molecular weight is 471 g/mol. The Labute approximate surface area is 174 Å². The summed E-state index contributed by atoms with van der Waals surface area (Å²) in [5.41, 5.74) is 4.23. The molecular weight excluding hydrogens is 449 g/mol. The van der Waals surface area contributed by atoms with Gasteiger partial charge < -0.3 is 9.47 Å². The highest BCUT2D eigenvalue weighted by Gasteiger charge is 2.12. The first-order chi connectivity index (χ1) is 13.2. The molecule has 0 aliphatic rings. The van der Waals surface area contributed by atoms with E-state index in [0.717, 1.165) is 37.4 Å². The van der Waals surface area contributed by atoms with Gasteiger partial charge in [0.15, 0.2) is 11.5 Å². The first-order valence-corrected chi connectivity index (χ1v) is 9.98. The van der Waals surface area contributed by atoms with Crippen molar-refractivity contribution in [3.8, 4) is 11.5 Å². The summed E-state index contributed by atoms with van der Waals surface area (Å²) in [6.07, 6.45) is 1.87. The minimum Gasteiger partial charge on any atom is -0.490 e. The molecule has 4 heteroatoms. The van der Waals surface area contributed by atoms with E-state index in [-0.39, 0.29) is 0 Å². The van der Waals surface area contributed by atoms with E-state index in [0.29, 0.717) is 13.2 Å². The molecule has 0 bridgehead atoms. The van der Waals surface area contributed by atoms with Gasteiger partial charge in [0.2, 0.25) is 0 Å². The van der Waals surface area contributed by atoms with Crippen LogP contribution < -0.4 is 9.47 Å². The van der Waals surface area contributed by atoms with Crippen LogP contribution in [-0.2, 0) is 6.61 Å². The van der Waals surface area contributed by atoms with Crippen LogP contribution in [0.15, 0.2) is 71.7 Å². The monoisotopic (exact) mass is 471 g/mol. The minimum atomic E-state index is 0.508. The lowest BCUT2D eigenvalue weighted by atomic mass is 10.2. The van der Waals surface area contributed by atoms with Crippen molar-refractivity contribution in [2.75, 3.05) is 6.61 Å². The number of nitrogens with zero attached hydrogens (tertiary/aromatic N) is 1. The number of benzene rings is 3. The SMILES string of the molecule is CCOc1cc(C=Nc2ccccc2C)cc(I)c1OCc1ccccc1. The van der Waals surface area contributed by atoms with Crippen LogP contribution in [0.1, 0.15) is 23.6 Å². The summed E-state index contributed by atoms with van der Waals surface area (Å²) in [6.45, 7) is 5.12. The second-order valence-electron chi connectivity index (χ2n) is 6.08. The fourth-order valence-electron chi connectivity index (χ4n) is 2.65. The van der Waals surface area contributed by atoms with Crippen LogP contribution in [0.2, 0.25) is 0 Å². The Kier molecular flexibility index (Phi) is 6.87. The summed E-state index contributed by atoms with van der Waals surface area (Å²) < 4.78 is 12.9. The second-order valence-corrected chi connectivity index (χ2v) is 7.24. The van der Waals surface area contributed by atoms with Crippen molar-refractivity contribution in [3.05, 3.63) is 87.0 Å². The largest absolute Gasteiger partial charge is 0.490 e. The molecule has 0 saturated heterocycles. The molecule has 0 spiro atoms. The third-order valence-electron chi connectivity index (χ3n) is 4.03. The van der Waals surface area contributed by atoms with E-state index in [2.05, 4.69) is 58.8 Å². The maximum atomic E-state index is 6.07. The van der Waals surface area contributed by atoms with Crippen LogP contribution >= 0.6 is 22.6 Å². The van der Waals surface area contributed by atoms with Gasteiger partial charge in [-0.25, -0.2) is 0 Å². The molecule has 0 unspecified atom stereocenters. The van der Waals surface area contributed by atoms with E-state index in [1.54, 1.807) is 0 Å². The Morgan fingerprint density at radius 3 is 2.44 bits per heavy atom. The maximum Gasteiger partial charge on any atom is 0.175 e. The zero-order chi connectivity index (χ0) is 19.1. The molecule has 0 saturated carbocycles. The fraction of sp³-hybridized carbons (Fsp3) is 0.174. The van der Waals surface area contributed by atoms with Crippen molar-refractivity contribution in [2.24, 2.45) is 4.99 Å². The summed E-state index contributed by atoms with van der Waals surface area (Å²) in [5, 5.41) is 0. The summed E-state index contributed by atoms with van der Waals surface area (Å²) in [5.74, 6) is 1.51. The van der Waals surface area contributed by atoms with Crippen LogP contribution in [0.3, 0.4) is 0 Å². The molecule has 0 heterocycles. The Morgan fingerprint density at radius 1 is 0.963 bits per heavy atom. The van der Waals surface area contributed by atoms with E-state index in [1.807, 2.05) is 55.6 Å². The zero-order valence-electron chi connectivity index (χ0n) is 15.5. The fourth-order valence-corrected chi connectivity index (χ4v) is 3.43. The van der Waals surface area contributed by atoms with Gasteiger partial charge in [-0.3, -0.25) is 4.99 Å². The van der Waals surface area contributed by atoms with Gasteiger partial charge in [0.05, 0.1) is 15.9 Å². The van der Waals surface area contributed by atoms with Crippen LogP contribution in [0.4, 0.5) is 5.69 Å². The van der Waals surface area contributed by atoms with Crippen LogP contribution in [-0.4, -0.2) is 12.8 Å². The van der Waals surface area contributed by atoms with Crippen molar-refractivity contribution in [2.45, 2.75) is 20.5 Å². The molecule has 0 amide bonds. The van der Waals surface area contributed by atoms with Gasteiger partial charge in [0.25, 0.3) is 0 Å². The minimum absolute atomic E-state index is 0.508. The summed E-state index contributed by atoms with van der Waals surface area (Å²) >= 11 is 2.29. The summed E-state index contributed by atoms with van der Waals surface area (Å²) in [4.78, 5) is 4.62. The molecule has 0 aromatic heterocycles. The first-order valence-electron chi connectivity index (χ1n) is 8.90. The maximum absolute atomic E-state index is 6.07. The lowest BCUT2D eigenvalue weighted by Crippen LogP contribution is -2.02. The quantitative estimate of drug-likeness (QED) is 0.298. The van der Waals surface area contributed by atoms with Crippen LogP contribution in [0.25, 0.3) is 0 Å². The lowest BCUT2D eigenvalue weighted by molar-refractivity contribution is 0.267. The molecule has 27 heavy (non-hydrogen) atoms. The van der Waals surface area contributed by atoms with Crippen molar-refractivity contribution >= 4 is 34.5 Å². The number of rotatable bonds is 7. The smallest absolute Gasteiger partial charge is 0.175 e. The normalized spacial score (nSPS) is 10.9. The standard InChI is InChI=1S/C23H22INO2/c1-3-26-22-14-19(15-25-21-12-8-7-9-17(21)2)13-20(24)23(22)27-16-18-10-5-4-6-11-18/h4-15H,3,16H2,1-2H3. The molecule has 0 fully saturated rings. The molecule has 0 atom stereocenters. The predicted molar refractivity (Wildman–Crippen MR) is 120 cm³/mol. The van der Waals surface area contributed by atoms with Crippen LogP contribution in [0, 0.1) is 10.5 Å². The third kappa shape index (κ3) is 5.32. The lowest BCUT2D eigenvalue weighted by Gasteiger charge is -2.14. The highest BCUT2D eigenvalue weighted by molar-refractivity contribution is 14.1. The molecule has 0 aliphatic heterocycles. The van der Waals surface area contributed by atoms with Gasteiger partial charge in [-0.2, -0.15) is 0 Å². The number of hydrogen-bond donors (Lipinski definition) is 0. The topological polar surface area (TPSA) is 30.8 Å². The van der Waals surface area contributed by atoms with Gasteiger partial charge in [0.1, 0.15) is 6.61 Å². The van der Waals surface area contributed by atoms with Crippen molar-refractivity contribution < 1.29 is 9.47 Å². The van der Waals surface area contributed by atoms with Gasteiger partial charge in [-0.1, -0.05) is 48.5 Å². The highest BCUT2D eigenvalue weighted by atomic mass is 127. The Hall–Kier alpha value is -2.34. The van der Waals surface area contributed by atoms with Gasteiger partial charge in [-0.05, 0) is 71.3 Å². The second kappa shape index (κ2) is 9.55. The number of aryl methyl sites for hydroxylation is 1. The van der Waals surface area contributed by atoms with Crippen molar-refractivity contribution in [1.82, 2.24) is 0 Å². The number of halogens is 1. The molecule has 0 radical (unpaired) electrons. The number of para-hydroxylation sites is 1. The summed E-state index contributed by atoms with van der Waals surface area (Å²) in [6, 6.07) is 22.3. The van der Waals surface area contributed by atoms with E-state index >= 15 is 0 Å².